The van der Waals surface area contributed by atoms with Crippen LogP contribution in [0.2, 0.25) is 0 Å². The van der Waals surface area contributed by atoms with Crippen LogP contribution in [0.15, 0.2) is 4.99 Å². The van der Waals surface area contributed by atoms with Crippen molar-refractivity contribution in [3.05, 3.63) is 0 Å². The van der Waals surface area contributed by atoms with E-state index in [2.05, 4.69) is 30.7 Å². The lowest BCUT2D eigenvalue weighted by molar-refractivity contribution is 0.103. The summed E-state index contributed by atoms with van der Waals surface area (Å²) in [5.41, 5.74) is 6.29. The Morgan fingerprint density at radius 2 is 2.29 bits per heavy atom. The van der Waals surface area contributed by atoms with E-state index < -0.39 is 0 Å². The molecule has 0 saturated heterocycles. The molecule has 2 N–H and O–H groups in total. The van der Waals surface area contributed by atoms with E-state index >= 15 is 0 Å². The largest absolute Gasteiger partial charge is 0.370 e. The maximum absolute atomic E-state index is 6.02. The minimum atomic E-state index is 0.274. The minimum absolute atomic E-state index is 0.274. The van der Waals surface area contributed by atoms with Gasteiger partial charge in [0.15, 0.2) is 5.96 Å². The molecule has 0 amide bonds. The molecule has 1 spiro atoms. The van der Waals surface area contributed by atoms with E-state index in [1.807, 2.05) is 0 Å². The van der Waals surface area contributed by atoms with Gasteiger partial charge in [-0.3, -0.25) is 4.99 Å². The number of hydrogen-bond acceptors (Lipinski definition) is 3. The first kappa shape index (κ1) is 12.7. The molecular formula is C14H27N3. The molecule has 98 valence electrons. The van der Waals surface area contributed by atoms with E-state index in [1.165, 1.54) is 32.1 Å². The monoisotopic (exact) mass is 237 g/mol. The number of aliphatic imine (C=N–C) groups is 1. The lowest BCUT2D eigenvalue weighted by Gasteiger charge is -2.45. The number of nitrogens with two attached hydrogens (primary N) is 1. The Bertz CT molecular complexity index is 298. The Balaban J connectivity index is 2.05. The molecule has 2 unspecified atom stereocenters. The first-order chi connectivity index (χ1) is 8.07. The second kappa shape index (κ2) is 4.87. The van der Waals surface area contributed by atoms with E-state index in [0.29, 0.717) is 0 Å². The van der Waals surface area contributed by atoms with Crippen LogP contribution in [0.1, 0.15) is 52.9 Å². The van der Waals surface area contributed by atoms with Crippen LogP contribution < -0.4 is 5.73 Å². The topological polar surface area (TPSA) is 41.6 Å². The van der Waals surface area contributed by atoms with Crippen molar-refractivity contribution < 1.29 is 0 Å². The highest BCUT2D eigenvalue weighted by Crippen LogP contribution is 2.41. The highest BCUT2D eigenvalue weighted by atomic mass is 15.4. The lowest BCUT2D eigenvalue weighted by atomic mass is 9.72. The van der Waals surface area contributed by atoms with Crippen molar-refractivity contribution in [3.63, 3.8) is 0 Å². The smallest absolute Gasteiger partial charge is 0.191 e. The fourth-order valence-corrected chi connectivity index (χ4v) is 3.86. The van der Waals surface area contributed by atoms with Crippen molar-refractivity contribution in [2.45, 2.75) is 58.4 Å². The summed E-state index contributed by atoms with van der Waals surface area (Å²) in [5, 5.41) is 0. The van der Waals surface area contributed by atoms with Crippen LogP contribution in [-0.2, 0) is 0 Å². The molecule has 3 nitrogen and oxygen atoms in total. The zero-order valence-corrected chi connectivity index (χ0v) is 11.6. The lowest BCUT2D eigenvalue weighted by Crippen LogP contribution is -2.53. The number of likely N-dealkylation sites (N-methyl/N-ethyl adjacent to an activating group) is 1. The normalized spacial score (nSPS) is 33.5. The fourth-order valence-electron chi connectivity index (χ4n) is 3.86. The fraction of sp³-hybridized carbons (Fsp3) is 0.929. The third-order valence-electron chi connectivity index (χ3n) is 4.43. The summed E-state index contributed by atoms with van der Waals surface area (Å²) >= 11 is 0. The molecule has 0 aromatic rings. The van der Waals surface area contributed by atoms with E-state index in [9.17, 15) is 0 Å². The molecule has 0 bridgehead atoms. The Labute approximate surface area is 105 Å². The zero-order chi connectivity index (χ0) is 12.5. The van der Waals surface area contributed by atoms with Gasteiger partial charge in [-0.2, -0.15) is 0 Å². The average Bonchev–Trinajstić information content (AvgIpc) is 2.54. The molecule has 1 aliphatic heterocycles. The van der Waals surface area contributed by atoms with Crippen LogP contribution in [0, 0.1) is 11.8 Å². The van der Waals surface area contributed by atoms with Gasteiger partial charge in [-0.05, 0) is 38.0 Å². The van der Waals surface area contributed by atoms with Crippen molar-refractivity contribution in [1.29, 1.82) is 0 Å². The third-order valence-corrected chi connectivity index (χ3v) is 4.43. The van der Waals surface area contributed by atoms with Gasteiger partial charge in [0.2, 0.25) is 0 Å². The molecule has 3 heteroatoms. The highest BCUT2D eigenvalue weighted by Gasteiger charge is 2.44. The van der Waals surface area contributed by atoms with Gasteiger partial charge in [0, 0.05) is 6.54 Å². The van der Waals surface area contributed by atoms with Crippen molar-refractivity contribution in [1.82, 2.24) is 4.90 Å². The average molecular weight is 237 g/mol. The Kier molecular flexibility index (Phi) is 3.64. The molecule has 0 aromatic heterocycles. The second-order valence-electron chi connectivity index (χ2n) is 6.23. The maximum atomic E-state index is 6.02. The molecule has 0 aromatic carbocycles. The first-order valence-electron chi connectivity index (χ1n) is 7.15. The maximum Gasteiger partial charge on any atom is 0.191 e. The third kappa shape index (κ3) is 2.43. The SMILES string of the molecule is CCN1C(N)=NCC12CCCC(CC(C)C)C2. The van der Waals surface area contributed by atoms with Crippen molar-refractivity contribution in [2.24, 2.45) is 22.6 Å². The van der Waals surface area contributed by atoms with Crippen LogP contribution in [0.5, 0.6) is 0 Å². The molecule has 0 radical (unpaired) electrons. The summed E-state index contributed by atoms with van der Waals surface area (Å²) in [6.07, 6.45) is 6.68. The van der Waals surface area contributed by atoms with Gasteiger partial charge >= 0.3 is 0 Å². The van der Waals surface area contributed by atoms with Crippen LogP contribution >= 0.6 is 0 Å². The quantitative estimate of drug-likeness (QED) is 0.820. The summed E-state index contributed by atoms with van der Waals surface area (Å²) in [6, 6.07) is 0. The van der Waals surface area contributed by atoms with Gasteiger partial charge in [-0.25, -0.2) is 0 Å². The molecule has 1 saturated carbocycles. The van der Waals surface area contributed by atoms with Crippen LogP contribution in [0.25, 0.3) is 0 Å². The molecular weight excluding hydrogens is 210 g/mol. The van der Waals surface area contributed by atoms with Gasteiger partial charge in [0.1, 0.15) is 0 Å². The molecule has 1 fully saturated rings. The van der Waals surface area contributed by atoms with Crippen molar-refractivity contribution in [2.75, 3.05) is 13.1 Å². The Morgan fingerprint density at radius 1 is 1.53 bits per heavy atom. The van der Waals surface area contributed by atoms with Gasteiger partial charge in [-0.1, -0.05) is 26.7 Å². The molecule has 2 aliphatic rings. The Morgan fingerprint density at radius 3 is 2.94 bits per heavy atom. The number of hydrogen-bond donors (Lipinski definition) is 1. The van der Waals surface area contributed by atoms with E-state index in [4.69, 9.17) is 5.73 Å². The summed E-state index contributed by atoms with van der Waals surface area (Å²) < 4.78 is 0. The van der Waals surface area contributed by atoms with Crippen LogP contribution in [-0.4, -0.2) is 29.5 Å². The van der Waals surface area contributed by atoms with Crippen LogP contribution in [0.4, 0.5) is 0 Å². The van der Waals surface area contributed by atoms with E-state index in [1.54, 1.807) is 0 Å². The van der Waals surface area contributed by atoms with E-state index in [-0.39, 0.29) is 5.54 Å². The summed E-state index contributed by atoms with van der Waals surface area (Å²) in [6.45, 7) is 8.79. The standard InChI is InChI=1S/C14H27N3/c1-4-17-13(15)16-10-14(17)7-5-6-12(9-14)8-11(2)3/h11-12H,4-10H2,1-3H3,(H2,15,16). The summed E-state index contributed by atoms with van der Waals surface area (Å²) in [4.78, 5) is 6.86. The predicted octanol–water partition coefficient (Wildman–Crippen LogP) is 2.61. The van der Waals surface area contributed by atoms with Gasteiger partial charge in [0.05, 0.1) is 12.1 Å². The zero-order valence-electron chi connectivity index (χ0n) is 11.6. The number of guanidine groups is 1. The minimum Gasteiger partial charge on any atom is -0.370 e. The van der Waals surface area contributed by atoms with Gasteiger partial charge < -0.3 is 10.6 Å². The molecule has 2 rings (SSSR count). The Hall–Kier alpha value is -0.730. The van der Waals surface area contributed by atoms with Gasteiger partial charge in [-0.15, -0.1) is 0 Å². The van der Waals surface area contributed by atoms with Gasteiger partial charge in [0.25, 0.3) is 0 Å². The molecule has 1 aliphatic carbocycles. The first-order valence-corrected chi connectivity index (χ1v) is 7.15. The summed E-state index contributed by atoms with van der Waals surface area (Å²) in [5.74, 6) is 2.46. The molecule has 2 atom stereocenters. The molecule has 17 heavy (non-hydrogen) atoms. The van der Waals surface area contributed by atoms with E-state index in [0.717, 1.165) is 30.9 Å². The summed E-state index contributed by atoms with van der Waals surface area (Å²) in [7, 11) is 0. The predicted molar refractivity (Wildman–Crippen MR) is 73.0 cm³/mol. The van der Waals surface area contributed by atoms with Crippen molar-refractivity contribution in [3.8, 4) is 0 Å². The number of nitrogens with zero attached hydrogens (tertiary/aromatic N) is 2. The van der Waals surface area contributed by atoms with Crippen molar-refractivity contribution >= 4 is 5.96 Å². The second-order valence-corrected chi connectivity index (χ2v) is 6.23. The van der Waals surface area contributed by atoms with Crippen LogP contribution in [0.3, 0.4) is 0 Å². The highest BCUT2D eigenvalue weighted by molar-refractivity contribution is 5.81. The molecule has 1 heterocycles. The number of rotatable bonds is 3.